The molecule has 0 bridgehead atoms. The molecular weight excluding hydrogens is 378 g/mol. The lowest BCUT2D eigenvalue weighted by Gasteiger charge is -2.06. The SMILES string of the molecule is Cc1ccc(-c2nnc(SCCC(=O)Nc3ccc4c(c3)OCO4)n2N)cc1. The summed E-state index contributed by atoms with van der Waals surface area (Å²) in [6.07, 6.45) is 0.311. The van der Waals surface area contributed by atoms with Crippen LogP contribution >= 0.6 is 11.8 Å². The van der Waals surface area contributed by atoms with Gasteiger partial charge in [0, 0.05) is 29.5 Å². The van der Waals surface area contributed by atoms with Gasteiger partial charge < -0.3 is 20.6 Å². The Morgan fingerprint density at radius 3 is 2.79 bits per heavy atom. The lowest BCUT2D eigenvalue weighted by Crippen LogP contribution is -2.14. The molecule has 0 spiro atoms. The first-order valence-electron chi connectivity index (χ1n) is 8.70. The number of fused-ring (bicyclic) bond motifs is 1. The Hall–Kier alpha value is -3.20. The van der Waals surface area contributed by atoms with Crippen molar-refractivity contribution in [3.8, 4) is 22.9 Å². The quantitative estimate of drug-likeness (QED) is 0.487. The molecule has 0 fully saturated rings. The van der Waals surface area contributed by atoms with Gasteiger partial charge in [0.15, 0.2) is 17.3 Å². The maximum Gasteiger partial charge on any atom is 0.231 e. The van der Waals surface area contributed by atoms with E-state index in [-0.39, 0.29) is 12.7 Å². The first-order chi connectivity index (χ1) is 13.6. The predicted molar refractivity (Wildman–Crippen MR) is 107 cm³/mol. The summed E-state index contributed by atoms with van der Waals surface area (Å²) in [7, 11) is 0. The van der Waals surface area contributed by atoms with Crippen LogP contribution in [0, 0.1) is 6.92 Å². The number of carbonyl (C=O) groups excluding carboxylic acids is 1. The van der Waals surface area contributed by atoms with Gasteiger partial charge in [0.25, 0.3) is 0 Å². The molecule has 0 saturated heterocycles. The smallest absolute Gasteiger partial charge is 0.231 e. The third kappa shape index (κ3) is 3.89. The van der Waals surface area contributed by atoms with E-state index in [0.717, 1.165) is 11.1 Å². The zero-order chi connectivity index (χ0) is 19.5. The molecule has 3 N–H and O–H groups in total. The standard InChI is InChI=1S/C19H19N5O3S/c1-12-2-4-13(5-3-12)18-22-23-19(24(18)20)28-9-8-17(25)21-14-6-7-15-16(10-14)27-11-26-15/h2-7,10H,8-9,11,20H2,1H3,(H,21,25). The van der Waals surface area contributed by atoms with Gasteiger partial charge in [-0.25, -0.2) is 4.68 Å². The minimum atomic E-state index is -0.104. The van der Waals surface area contributed by atoms with Crippen LogP contribution in [0.15, 0.2) is 47.6 Å². The van der Waals surface area contributed by atoms with Crippen molar-refractivity contribution in [1.82, 2.24) is 14.9 Å². The van der Waals surface area contributed by atoms with E-state index in [1.807, 2.05) is 31.2 Å². The maximum atomic E-state index is 12.2. The Labute approximate surface area is 166 Å². The largest absolute Gasteiger partial charge is 0.454 e. The fourth-order valence-electron chi connectivity index (χ4n) is 2.71. The number of aromatic nitrogens is 3. The highest BCUT2D eigenvalue weighted by Gasteiger charge is 2.15. The third-order valence-electron chi connectivity index (χ3n) is 4.19. The Morgan fingerprint density at radius 2 is 1.96 bits per heavy atom. The Morgan fingerprint density at radius 1 is 1.18 bits per heavy atom. The second-order valence-electron chi connectivity index (χ2n) is 6.26. The Balaban J connectivity index is 1.31. The number of anilines is 1. The first kappa shape index (κ1) is 18.2. The zero-order valence-corrected chi connectivity index (χ0v) is 16.0. The predicted octanol–water partition coefficient (Wildman–Crippen LogP) is 2.82. The van der Waals surface area contributed by atoms with Crippen molar-refractivity contribution in [3.63, 3.8) is 0 Å². The number of amides is 1. The molecule has 3 aromatic rings. The molecule has 1 aliphatic heterocycles. The average Bonchev–Trinajstić information content (AvgIpc) is 3.29. The molecule has 0 saturated carbocycles. The van der Waals surface area contributed by atoms with Gasteiger partial charge >= 0.3 is 0 Å². The number of rotatable bonds is 6. The molecule has 0 radical (unpaired) electrons. The molecule has 28 heavy (non-hydrogen) atoms. The number of thioether (sulfide) groups is 1. The molecule has 4 rings (SSSR count). The Bertz CT molecular complexity index is 1000. The van der Waals surface area contributed by atoms with Gasteiger partial charge in [-0.1, -0.05) is 41.6 Å². The van der Waals surface area contributed by atoms with E-state index >= 15 is 0 Å². The van der Waals surface area contributed by atoms with Gasteiger partial charge in [0.1, 0.15) is 0 Å². The molecule has 144 valence electrons. The highest BCUT2D eigenvalue weighted by molar-refractivity contribution is 7.99. The van der Waals surface area contributed by atoms with Gasteiger partial charge in [0.2, 0.25) is 17.9 Å². The summed E-state index contributed by atoms with van der Waals surface area (Å²) in [6, 6.07) is 13.2. The van der Waals surface area contributed by atoms with E-state index in [2.05, 4.69) is 15.5 Å². The summed E-state index contributed by atoms with van der Waals surface area (Å²) < 4.78 is 12.0. The summed E-state index contributed by atoms with van der Waals surface area (Å²) in [5.74, 6) is 8.44. The van der Waals surface area contributed by atoms with Crippen LogP contribution in [0.5, 0.6) is 11.5 Å². The van der Waals surface area contributed by atoms with Crippen LogP contribution in [0.25, 0.3) is 11.4 Å². The van der Waals surface area contributed by atoms with Crippen molar-refractivity contribution in [2.75, 3.05) is 23.7 Å². The highest BCUT2D eigenvalue weighted by Crippen LogP contribution is 2.34. The van der Waals surface area contributed by atoms with Crippen molar-refractivity contribution in [2.45, 2.75) is 18.5 Å². The zero-order valence-electron chi connectivity index (χ0n) is 15.2. The van der Waals surface area contributed by atoms with E-state index in [0.29, 0.717) is 40.3 Å². The van der Waals surface area contributed by atoms with Crippen molar-refractivity contribution >= 4 is 23.4 Å². The molecule has 2 heterocycles. The number of hydrogen-bond donors (Lipinski definition) is 2. The highest BCUT2D eigenvalue weighted by atomic mass is 32.2. The van der Waals surface area contributed by atoms with Crippen LogP contribution in [0.2, 0.25) is 0 Å². The summed E-state index contributed by atoms with van der Waals surface area (Å²) >= 11 is 1.38. The van der Waals surface area contributed by atoms with Crippen LogP contribution in [-0.4, -0.2) is 33.3 Å². The van der Waals surface area contributed by atoms with E-state index in [1.54, 1.807) is 18.2 Å². The number of nitrogens with zero attached hydrogens (tertiary/aromatic N) is 3. The molecule has 0 atom stereocenters. The van der Waals surface area contributed by atoms with Crippen LogP contribution in [0.1, 0.15) is 12.0 Å². The van der Waals surface area contributed by atoms with Gasteiger partial charge in [-0.15, -0.1) is 10.2 Å². The number of carbonyl (C=O) groups is 1. The van der Waals surface area contributed by atoms with Crippen molar-refractivity contribution in [2.24, 2.45) is 0 Å². The average molecular weight is 397 g/mol. The number of ether oxygens (including phenoxy) is 2. The fraction of sp³-hybridized carbons (Fsp3) is 0.211. The number of nitrogen functional groups attached to an aromatic ring is 1. The number of nitrogens with one attached hydrogen (secondary N) is 1. The molecule has 0 unspecified atom stereocenters. The van der Waals surface area contributed by atoms with Crippen LogP contribution in [-0.2, 0) is 4.79 Å². The minimum absolute atomic E-state index is 0.104. The van der Waals surface area contributed by atoms with Crippen molar-refractivity contribution in [3.05, 3.63) is 48.0 Å². The summed E-state index contributed by atoms with van der Waals surface area (Å²) in [5.41, 5.74) is 2.73. The first-order valence-corrected chi connectivity index (χ1v) is 9.68. The second-order valence-corrected chi connectivity index (χ2v) is 7.32. The third-order valence-corrected chi connectivity index (χ3v) is 5.14. The van der Waals surface area contributed by atoms with Gasteiger partial charge in [-0.05, 0) is 19.1 Å². The molecule has 0 aliphatic carbocycles. The van der Waals surface area contributed by atoms with E-state index < -0.39 is 0 Å². The lowest BCUT2D eigenvalue weighted by molar-refractivity contribution is -0.115. The number of aryl methyl sites for hydroxylation is 1. The molecule has 9 heteroatoms. The fourth-order valence-corrected chi connectivity index (χ4v) is 3.50. The van der Waals surface area contributed by atoms with Gasteiger partial charge in [-0.3, -0.25) is 4.79 Å². The topological polar surface area (TPSA) is 104 Å². The van der Waals surface area contributed by atoms with E-state index in [4.69, 9.17) is 15.3 Å². The normalized spacial score (nSPS) is 12.2. The lowest BCUT2D eigenvalue weighted by atomic mass is 10.1. The van der Waals surface area contributed by atoms with E-state index in [1.165, 1.54) is 16.4 Å². The van der Waals surface area contributed by atoms with Gasteiger partial charge in [-0.2, -0.15) is 0 Å². The monoisotopic (exact) mass is 397 g/mol. The summed E-state index contributed by atoms with van der Waals surface area (Å²) in [4.78, 5) is 12.2. The van der Waals surface area contributed by atoms with Crippen LogP contribution in [0.3, 0.4) is 0 Å². The van der Waals surface area contributed by atoms with Crippen molar-refractivity contribution in [1.29, 1.82) is 0 Å². The van der Waals surface area contributed by atoms with Gasteiger partial charge in [0.05, 0.1) is 0 Å². The molecule has 8 nitrogen and oxygen atoms in total. The maximum absolute atomic E-state index is 12.2. The number of benzene rings is 2. The van der Waals surface area contributed by atoms with Crippen molar-refractivity contribution < 1.29 is 14.3 Å². The molecule has 1 amide bonds. The Kier molecular flexibility index (Phi) is 5.07. The molecular formula is C19H19N5O3S. The number of nitrogens with two attached hydrogens (primary N) is 1. The minimum Gasteiger partial charge on any atom is -0.454 e. The molecule has 1 aliphatic rings. The van der Waals surface area contributed by atoms with Crippen LogP contribution < -0.4 is 20.6 Å². The molecule has 1 aromatic heterocycles. The second kappa shape index (κ2) is 7.81. The summed E-state index contributed by atoms with van der Waals surface area (Å²) in [6.45, 7) is 2.22. The van der Waals surface area contributed by atoms with Crippen LogP contribution in [0.4, 0.5) is 5.69 Å². The van der Waals surface area contributed by atoms with E-state index in [9.17, 15) is 4.79 Å². The molecule has 2 aromatic carbocycles. The number of hydrogen-bond acceptors (Lipinski definition) is 7. The summed E-state index contributed by atoms with van der Waals surface area (Å²) in [5, 5.41) is 11.7.